The number of nitrogens with zero attached hydrogens (tertiary/aromatic N) is 4. The molecule has 33 heavy (non-hydrogen) atoms. The zero-order valence-electron chi connectivity index (χ0n) is 17.5. The maximum atomic E-state index is 11.2. The number of anilines is 1. The highest BCUT2D eigenvalue weighted by atomic mass is 79.9. The Labute approximate surface area is 202 Å². The lowest BCUT2D eigenvalue weighted by Crippen LogP contribution is -2.38. The molecule has 4 aromatic rings. The number of nitrogen functional groups attached to an aromatic ring is 1. The number of pyridine rings is 1. The highest BCUT2D eigenvalue weighted by Gasteiger charge is 2.56. The molecule has 2 aliphatic rings. The van der Waals surface area contributed by atoms with Crippen molar-refractivity contribution in [1.29, 1.82) is 0 Å². The third kappa shape index (κ3) is 3.25. The van der Waals surface area contributed by atoms with E-state index >= 15 is 0 Å². The molecular formula is C23H22BrClN6O2. The van der Waals surface area contributed by atoms with Crippen molar-refractivity contribution in [2.75, 3.05) is 12.3 Å². The summed E-state index contributed by atoms with van der Waals surface area (Å²) in [6.45, 7) is 0.606. The molecule has 3 aromatic heterocycles. The first-order valence-corrected chi connectivity index (χ1v) is 12.0. The molecule has 10 heteroatoms. The van der Waals surface area contributed by atoms with Gasteiger partial charge in [-0.2, -0.15) is 0 Å². The van der Waals surface area contributed by atoms with E-state index in [0.29, 0.717) is 36.0 Å². The van der Waals surface area contributed by atoms with Crippen molar-refractivity contribution >= 4 is 55.3 Å². The molecule has 5 unspecified atom stereocenters. The largest absolute Gasteiger partial charge is 0.390 e. The summed E-state index contributed by atoms with van der Waals surface area (Å²) in [6.07, 6.45) is 2.83. The average molecular weight is 530 g/mol. The lowest BCUT2D eigenvalue weighted by Gasteiger charge is -2.27. The zero-order valence-corrected chi connectivity index (χ0v) is 19.8. The van der Waals surface area contributed by atoms with Gasteiger partial charge in [0.25, 0.3) is 0 Å². The predicted molar refractivity (Wildman–Crippen MR) is 130 cm³/mol. The highest BCUT2D eigenvalue weighted by Crippen LogP contribution is 2.52. The number of hydrogen-bond acceptors (Lipinski definition) is 7. The molecule has 1 saturated heterocycles. The highest BCUT2D eigenvalue weighted by molar-refractivity contribution is 9.10. The fourth-order valence-corrected chi connectivity index (χ4v) is 6.11. The molecule has 5 atom stereocenters. The van der Waals surface area contributed by atoms with E-state index in [9.17, 15) is 10.2 Å². The molecule has 1 aliphatic carbocycles. The number of hydrogen-bond donors (Lipinski definition) is 4. The number of benzene rings is 1. The van der Waals surface area contributed by atoms with Gasteiger partial charge in [0.15, 0.2) is 0 Å². The summed E-state index contributed by atoms with van der Waals surface area (Å²) in [5.41, 5.74) is 8.10. The summed E-state index contributed by atoms with van der Waals surface area (Å²) in [5, 5.41) is 27.9. The van der Waals surface area contributed by atoms with Crippen molar-refractivity contribution in [2.45, 2.75) is 37.1 Å². The standard InChI is InChI=1S/C23H22BrClN6O2/c24-14-5-11-1-2-12(6-15(11)30-21(14)26)16-7-23(9-27-16)8-17(18(32)19(23)33)31-4-3-13-20(25)28-10-29-22(13)31/h1-6,10,16-19,27,32-33H,7-9H2,(H2,26,30). The molecule has 1 saturated carbocycles. The van der Waals surface area contributed by atoms with Crippen LogP contribution in [0.15, 0.2) is 47.3 Å². The Hall–Kier alpha value is -2.30. The lowest BCUT2D eigenvalue weighted by atomic mass is 9.80. The van der Waals surface area contributed by atoms with Crippen LogP contribution < -0.4 is 11.1 Å². The van der Waals surface area contributed by atoms with E-state index in [-0.39, 0.29) is 12.1 Å². The van der Waals surface area contributed by atoms with E-state index in [1.807, 2.05) is 35.0 Å². The summed E-state index contributed by atoms with van der Waals surface area (Å²) in [4.78, 5) is 12.9. The Bertz CT molecular complexity index is 1400. The number of fused-ring (bicyclic) bond motifs is 2. The van der Waals surface area contributed by atoms with Crippen LogP contribution in [0.1, 0.15) is 30.5 Å². The molecule has 0 radical (unpaired) electrons. The minimum atomic E-state index is -0.912. The molecule has 1 aliphatic heterocycles. The minimum Gasteiger partial charge on any atom is -0.390 e. The third-order valence-electron chi connectivity index (χ3n) is 7.31. The number of nitrogens with one attached hydrogen (secondary N) is 1. The maximum absolute atomic E-state index is 11.2. The molecule has 6 rings (SSSR count). The van der Waals surface area contributed by atoms with Crippen molar-refractivity contribution in [3.8, 4) is 0 Å². The molecule has 4 heterocycles. The number of rotatable bonds is 2. The normalized spacial score (nSPS) is 29.6. The molecule has 2 fully saturated rings. The average Bonchev–Trinajstić information content (AvgIpc) is 3.48. The molecule has 8 nitrogen and oxygen atoms in total. The van der Waals surface area contributed by atoms with Gasteiger partial charge in [-0.25, -0.2) is 15.0 Å². The molecule has 0 amide bonds. The van der Waals surface area contributed by atoms with E-state index in [1.54, 1.807) is 0 Å². The van der Waals surface area contributed by atoms with Gasteiger partial charge < -0.3 is 25.8 Å². The van der Waals surface area contributed by atoms with E-state index in [0.717, 1.165) is 26.3 Å². The van der Waals surface area contributed by atoms with Crippen LogP contribution in [0.25, 0.3) is 21.9 Å². The molecule has 1 aromatic carbocycles. The first-order valence-electron chi connectivity index (χ1n) is 10.8. The molecule has 0 bridgehead atoms. The fraction of sp³-hybridized carbons (Fsp3) is 0.348. The van der Waals surface area contributed by atoms with Gasteiger partial charge in [0.05, 0.1) is 27.5 Å². The Kier molecular flexibility index (Phi) is 4.90. The summed E-state index contributed by atoms with van der Waals surface area (Å²) in [7, 11) is 0. The van der Waals surface area contributed by atoms with Crippen LogP contribution in [0.5, 0.6) is 0 Å². The smallest absolute Gasteiger partial charge is 0.145 e. The first kappa shape index (κ1) is 21.2. The van der Waals surface area contributed by atoms with Crippen LogP contribution in [0.4, 0.5) is 5.82 Å². The number of halogens is 2. The second kappa shape index (κ2) is 7.61. The van der Waals surface area contributed by atoms with Crippen molar-refractivity contribution in [1.82, 2.24) is 24.8 Å². The van der Waals surface area contributed by atoms with Crippen LogP contribution in [-0.4, -0.2) is 48.5 Å². The van der Waals surface area contributed by atoms with Crippen molar-refractivity contribution in [2.24, 2.45) is 5.41 Å². The quantitative estimate of drug-likeness (QED) is 0.294. The predicted octanol–water partition coefficient (Wildman–Crippen LogP) is 3.37. The maximum Gasteiger partial charge on any atom is 0.145 e. The van der Waals surface area contributed by atoms with Gasteiger partial charge in [0.1, 0.15) is 29.0 Å². The summed E-state index contributed by atoms with van der Waals surface area (Å²) in [5.74, 6) is 0.454. The van der Waals surface area contributed by atoms with Crippen molar-refractivity contribution < 1.29 is 10.2 Å². The van der Waals surface area contributed by atoms with Crippen molar-refractivity contribution in [3.05, 3.63) is 58.0 Å². The second-order valence-corrected chi connectivity index (χ2v) is 10.4. The van der Waals surface area contributed by atoms with Crippen LogP contribution in [-0.2, 0) is 0 Å². The van der Waals surface area contributed by atoms with E-state index in [4.69, 9.17) is 17.3 Å². The topological polar surface area (TPSA) is 122 Å². The molecule has 5 N–H and O–H groups in total. The van der Waals surface area contributed by atoms with E-state index in [2.05, 4.69) is 42.3 Å². The fourth-order valence-electron chi connectivity index (χ4n) is 5.59. The molecular weight excluding hydrogens is 508 g/mol. The number of aromatic nitrogens is 4. The van der Waals surface area contributed by atoms with Gasteiger partial charge in [0, 0.05) is 29.6 Å². The van der Waals surface area contributed by atoms with Gasteiger partial charge in [-0.05, 0) is 52.5 Å². The summed E-state index contributed by atoms with van der Waals surface area (Å²) in [6, 6.07) is 9.71. The van der Waals surface area contributed by atoms with Gasteiger partial charge in [0.2, 0.25) is 0 Å². The van der Waals surface area contributed by atoms with Gasteiger partial charge in [-0.1, -0.05) is 23.7 Å². The van der Waals surface area contributed by atoms with Crippen molar-refractivity contribution in [3.63, 3.8) is 0 Å². The minimum absolute atomic E-state index is 0.0415. The van der Waals surface area contributed by atoms with E-state index < -0.39 is 17.6 Å². The Balaban J connectivity index is 1.30. The Morgan fingerprint density at radius 3 is 2.88 bits per heavy atom. The Morgan fingerprint density at radius 1 is 1.18 bits per heavy atom. The zero-order chi connectivity index (χ0) is 22.9. The Morgan fingerprint density at radius 2 is 2.03 bits per heavy atom. The van der Waals surface area contributed by atoms with Crippen LogP contribution in [0, 0.1) is 5.41 Å². The van der Waals surface area contributed by atoms with Crippen LogP contribution in [0.2, 0.25) is 5.15 Å². The van der Waals surface area contributed by atoms with Crippen LogP contribution in [0.3, 0.4) is 0 Å². The van der Waals surface area contributed by atoms with Gasteiger partial charge >= 0.3 is 0 Å². The second-order valence-electron chi connectivity index (χ2n) is 9.14. The van der Waals surface area contributed by atoms with Gasteiger partial charge in [-0.15, -0.1) is 0 Å². The number of aliphatic hydroxyl groups excluding tert-OH is 2. The monoisotopic (exact) mass is 528 g/mol. The number of nitrogens with two attached hydrogens (primary N) is 1. The summed E-state index contributed by atoms with van der Waals surface area (Å²) >= 11 is 9.63. The van der Waals surface area contributed by atoms with E-state index in [1.165, 1.54) is 6.33 Å². The van der Waals surface area contributed by atoms with Gasteiger partial charge in [-0.3, -0.25) is 0 Å². The molecule has 1 spiro atoms. The molecule has 170 valence electrons. The SMILES string of the molecule is Nc1nc2cc(C3CC4(CN3)CC(n3ccc5c(Cl)ncnc53)C(O)C4O)ccc2cc1Br. The first-order chi connectivity index (χ1) is 15.9. The van der Waals surface area contributed by atoms with Crippen LogP contribution >= 0.6 is 27.5 Å². The lowest BCUT2D eigenvalue weighted by molar-refractivity contribution is -0.0218. The number of aliphatic hydroxyl groups is 2. The third-order valence-corrected chi connectivity index (χ3v) is 8.25. The summed E-state index contributed by atoms with van der Waals surface area (Å²) < 4.78 is 2.69.